The van der Waals surface area contributed by atoms with Gasteiger partial charge in [-0.25, -0.2) is 0 Å². The number of nitrogens with zero attached hydrogens (tertiary/aromatic N) is 2. The molecule has 0 radical (unpaired) electrons. The molecular formula is C22H27N3O2. The molecule has 1 saturated heterocycles. The summed E-state index contributed by atoms with van der Waals surface area (Å²) in [5.74, 6) is 0.434. The van der Waals surface area contributed by atoms with Crippen LogP contribution in [0.4, 0.5) is 0 Å². The van der Waals surface area contributed by atoms with Crippen LogP contribution in [0.25, 0.3) is 10.9 Å². The number of rotatable bonds is 3. The molecule has 1 aromatic heterocycles. The molecule has 27 heavy (non-hydrogen) atoms. The Morgan fingerprint density at radius 3 is 2.63 bits per heavy atom. The van der Waals surface area contributed by atoms with Crippen molar-refractivity contribution >= 4 is 22.7 Å². The molecule has 5 nitrogen and oxygen atoms in total. The number of hydrogen-bond acceptors (Lipinski definition) is 3. The van der Waals surface area contributed by atoms with Crippen LogP contribution in [0.15, 0.2) is 18.2 Å². The summed E-state index contributed by atoms with van der Waals surface area (Å²) in [6.45, 7) is 7.44. The molecule has 1 N–H and O–H groups in total. The third kappa shape index (κ3) is 3.68. The quantitative estimate of drug-likeness (QED) is 0.908. The second kappa shape index (κ2) is 6.95. The highest BCUT2D eigenvalue weighted by Gasteiger charge is 2.35. The van der Waals surface area contributed by atoms with Gasteiger partial charge in [0.2, 0.25) is 5.91 Å². The number of benzene rings is 1. The zero-order valence-corrected chi connectivity index (χ0v) is 16.3. The predicted molar refractivity (Wildman–Crippen MR) is 106 cm³/mol. The van der Waals surface area contributed by atoms with Gasteiger partial charge < -0.3 is 10.2 Å². The number of hydrogen-bond donors (Lipinski definition) is 1. The van der Waals surface area contributed by atoms with Crippen molar-refractivity contribution in [2.24, 2.45) is 5.92 Å². The van der Waals surface area contributed by atoms with Gasteiger partial charge in [0.15, 0.2) is 0 Å². The summed E-state index contributed by atoms with van der Waals surface area (Å²) in [6, 6.07) is 6.02. The number of fused-ring (bicyclic) bond motifs is 1. The summed E-state index contributed by atoms with van der Waals surface area (Å²) in [7, 11) is 0. The van der Waals surface area contributed by atoms with E-state index in [0.29, 0.717) is 12.1 Å². The van der Waals surface area contributed by atoms with Crippen LogP contribution in [0.2, 0.25) is 0 Å². The van der Waals surface area contributed by atoms with E-state index >= 15 is 0 Å². The highest BCUT2D eigenvalue weighted by atomic mass is 16.2. The summed E-state index contributed by atoms with van der Waals surface area (Å²) in [4.78, 5) is 32.0. The van der Waals surface area contributed by atoms with Gasteiger partial charge in [-0.3, -0.25) is 14.6 Å². The second-order valence-electron chi connectivity index (χ2n) is 8.16. The second-order valence-corrected chi connectivity index (χ2v) is 8.16. The first-order chi connectivity index (χ1) is 12.9. The van der Waals surface area contributed by atoms with Gasteiger partial charge in [-0.2, -0.15) is 0 Å². The zero-order chi connectivity index (χ0) is 19.1. The van der Waals surface area contributed by atoms with Crippen molar-refractivity contribution in [1.82, 2.24) is 15.2 Å². The fourth-order valence-corrected chi connectivity index (χ4v) is 4.14. The topological polar surface area (TPSA) is 62.3 Å². The van der Waals surface area contributed by atoms with Crippen LogP contribution in [0, 0.1) is 26.7 Å². The van der Waals surface area contributed by atoms with Crippen LogP contribution in [-0.4, -0.2) is 40.8 Å². The fourth-order valence-electron chi connectivity index (χ4n) is 4.14. The van der Waals surface area contributed by atoms with E-state index in [1.165, 1.54) is 0 Å². The first-order valence-corrected chi connectivity index (χ1v) is 9.90. The molecule has 2 aliphatic rings. The number of likely N-dealkylation sites (tertiary alicyclic amines) is 1. The monoisotopic (exact) mass is 365 g/mol. The van der Waals surface area contributed by atoms with Gasteiger partial charge in [-0.15, -0.1) is 0 Å². The largest absolute Gasteiger partial charge is 0.348 e. The van der Waals surface area contributed by atoms with E-state index in [1.54, 1.807) is 0 Å². The predicted octanol–water partition coefficient (Wildman–Crippen LogP) is 3.29. The lowest BCUT2D eigenvalue weighted by Gasteiger charge is -2.33. The average molecular weight is 365 g/mol. The Labute approximate surface area is 160 Å². The van der Waals surface area contributed by atoms with Crippen molar-refractivity contribution in [3.63, 3.8) is 0 Å². The van der Waals surface area contributed by atoms with Gasteiger partial charge in [-0.05, 0) is 64.2 Å². The van der Waals surface area contributed by atoms with Crippen molar-refractivity contribution in [2.75, 3.05) is 13.1 Å². The van der Waals surface area contributed by atoms with Gasteiger partial charge in [0.25, 0.3) is 5.91 Å². The third-order valence-electron chi connectivity index (χ3n) is 5.62. The molecule has 2 aromatic rings. The maximum Gasteiger partial charge on any atom is 0.252 e. The maximum atomic E-state index is 13.1. The van der Waals surface area contributed by atoms with Crippen LogP contribution in [0.5, 0.6) is 0 Å². The van der Waals surface area contributed by atoms with Crippen LogP contribution >= 0.6 is 0 Å². The molecule has 5 heteroatoms. The van der Waals surface area contributed by atoms with E-state index in [2.05, 4.69) is 16.4 Å². The Bertz CT molecular complexity index is 917. The number of carbonyl (C=O) groups is 2. The van der Waals surface area contributed by atoms with Crippen molar-refractivity contribution in [2.45, 2.75) is 52.5 Å². The molecule has 2 amide bonds. The Kier molecular flexibility index (Phi) is 4.62. The van der Waals surface area contributed by atoms with Crippen LogP contribution in [0.1, 0.15) is 52.9 Å². The summed E-state index contributed by atoms with van der Waals surface area (Å²) in [5, 5.41) is 4.08. The van der Waals surface area contributed by atoms with E-state index < -0.39 is 0 Å². The number of piperidine rings is 1. The molecule has 1 saturated carbocycles. The van der Waals surface area contributed by atoms with Crippen molar-refractivity contribution in [1.29, 1.82) is 0 Å². The fraction of sp³-hybridized carbons (Fsp3) is 0.500. The summed E-state index contributed by atoms with van der Waals surface area (Å²) in [6.07, 6.45) is 3.90. The average Bonchev–Trinajstić information content (AvgIpc) is 3.46. The summed E-state index contributed by atoms with van der Waals surface area (Å²) < 4.78 is 0. The van der Waals surface area contributed by atoms with E-state index in [0.717, 1.165) is 60.0 Å². The molecule has 2 fully saturated rings. The molecule has 0 bridgehead atoms. The number of pyridine rings is 1. The van der Waals surface area contributed by atoms with E-state index in [1.807, 2.05) is 37.8 Å². The molecule has 4 rings (SSSR count). The molecule has 142 valence electrons. The SMILES string of the molecule is Cc1cc(C)c2nc(C)cc(C(=O)NC3CCCN(C(=O)C4CC4)C3)c2c1. The van der Waals surface area contributed by atoms with Gasteiger partial charge in [0.05, 0.1) is 11.1 Å². The minimum absolute atomic E-state index is 0.0170. The van der Waals surface area contributed by atoms with Crippen LogP contribution in [0.3, 0.4) is 0 Å². The molecular weight excluding hydrogens is 338 g/mol. The van der Waals surface area contributed by atoms with Crippen molar-refractivity contribution in [3.8, 4) is 0 Å². The molecule has 0 spiro atoms. The van der Waals surface area contributed by atoms with Crippen molar-refractivity contribution in [3.05, 3.63) is 40.6 Å². The Morgan fingerprint density at radius 2 is 1.89 bits per heavy atom. The molecule has 1 aliphatic heterocycles. The minimum Gasteiger partial charge on any atom is -0.348 e. The van der Waals surface area contributed by atoms with Crippen LogP contribution < -0.4 is 5.32 Å². The highest BCUT2D eigenvalue weighted by Crippen LogP contribution is 2.32. The normalized spacial score (nSPS) is 20.0. The number of aryl methyl sites for hydroxylation is 3. The van der Waals surface area contributed by atoms with E-state index in [-0.39, 0.29) is 23.8 Å². The van der Waals surface area contributed by atoms with Gasteiger partial charge >= 0.3 is 0 Å². The van der Waals surface area contributed by atoms with Gasteiger partial charge in [0, 0.05) is 36.1 Å². The minimum atomic E-state index is -0.0683. The van der Waals surface area contributed by atoms with Gasteiger partial charge in [-0.1, -0.05) is 11.6 Å². The van der Waals surface area contributed by atoms with E-state index in [9.17, 15) is 9.59 Å². The standard InChI is InChI=1S/C22H27N3O2/c1-13-9-14(2)20-18(10-13)19(11-15(3)23-20)21(26)24-17-5-4-8-25(12-17)22(27)16-6-7-16/h9-11,16-17H,4-8,12H2,1-3H3,(H,24,26). The molecule has 2 heterocycles. The highest BCUT2D eigenvalue weighted by molar-refractivity contribution is 6.07. The van der Waals surface area contributed by atoms with Gasteiger partial charge in [0.1, 0.15) is 0 Å². The molecule has 1 atom stereocenters. The lowest BCUT2D eigenvalue weighted by atomic mass is 10.00. The Hall–Kier alpha value is -2.43. The number of aromatic nitrogens is 1. The summed E-state index contributed by atoms with van der Waals surface area (Å²) in [5.41, 5.74) is 4.61. The number of carbonyl (C=O) groups excluding carboxylic acids is 2. The Morgan fingerprint density at radius 1 is 1.11 bits per heavy atom. The number of nitrogens with one attached hydrogen (secondary N) is 1. The number of amides is 2. The smallest absolute Gasteiger partial charge is 0.252 e. The zero-order valence-electron chi connectivity index (χ0n) is 16.3. The van der Waals surface area contributed by atoms with Crippen molar-refractivity contribution < 1.29 is 9.59 Å². The van der Waals surface area contributed by atoms with Crippen LogP contribution in [-0.2, 0) is 4.79 Å². The first kappa shape index (κ1) is 18.0. The molecule has 1 aliphatic carbocycles. The third-order valence-corrected chi connectivity index (χ3v) is 5.62. The molecule has 1 unspecified atom stereocenters. The molecule has 1 aromatic carbocycles. The van der Waals surface area contributed by atoms with E-state index in [4.69, 9.17) is 0 Å². The first-order valence-electron chi connectivity index (χ1n) is 9.90. The maximum absolute atomic E-state index is 13.1. The lowest BCUT2D eigenvalue weighted by Crippen LogP contribution is -2.50. The summed E-state index contributed by atoms with van der Waals surface area (Å²) >= 11 is 0. The Balaban J connectivity index is 1.57. The lowest BCUT2D eigenvalue weighted by molar-refractivity contribution is -0.133.